The van der Waals surface area contributed by atoms with Crippen molar-refractivity contribution in [3.63, 3.8) is 0 Å². The summed E-state index contributed by atoms with van der Waals surface area (Å²) >= 11 is 0. The Bertz CT molecular complexity index is 1120. The highest BCUT2D eigenvalue weighted by molar-refractivity contribution is 6.09. The number of para-hydroxylation sites is 1. The predicted octanol–water partition coefficient (Wildman–Crippen LogP) is 5.29. The standard InChI is InChI=1S/C26H23NO3/c1-2-18-14-9-15-21-22(16-27-25(18)21)23(28)17-30-26(29)24(19-10-5-3-6-11-19)20-12-7-4-8-13-20/h3-16,24,27H,2,17H2,1H3. The Labute approximate surface area is 175 Å². The second-order valence-corrected chi connectivity index (χ2v) is 7.18. The van der Waals surface area contributed by atoms with E-state index in [-0.39, 0.29) is 12.4 Å². The summed E-state index contributed by atoms with van der Waals surface area (Å²) in [6, 6.07) is 24.8. The van der Waals surface area contributed by atoms with E-state index in [1.165, 1.54) is 0 Å². The van der Waals surface area contributed by atoms with E-state index in [4.69, 9.17) is 4.74 Å². The van der Waals surface area contributed by atoms with Gasteiger partial charge < -0.3 is 9.72 Å². The van der Waals surface area contributed by atoms with Crippen LogP contribution in [0.1, 0.15) is 39.9 Å². The van der Waals surface area contributed by atoms with E-state index in [9.17, 15) is 9.59 Å². The summed E-state index contributed by atoms with van der Waals surface area (Å²) in [5.41, 5.74) is 4.32. The molecule has 1 aromatic heterocycles. The number of carbonyl (C=O) groups is 2. The first kappa shape index (κ1) is 19.6. The van der Waals surface area contributed by atoms with E-state index in [1.54, 1.807) is 6.20 Å². The van der Waals surface area contributed by atoms with E-state index in [2.05, 4.69) is 11.9 Å². The molecule has 4 rings (SSSR count). The van der Waals surface area contributed by atoms with Crippen LogP contribution in [0.3, 0.4) is 0 Å². The minimum atomic E-state index is -0.574. The van der Waals surface area contributed by atoms with Crippen LogP contribution in [0.5, 0.6) is 0 Å². The molecule has 4 aromatic rings. The lowest BCUT2D eigenvalue weighted by atomic mass is 9.91. The number of carbonyl (C=O) groups excluding carboxylic acids is 2. The van der Waals surface area contributed by atoms with Crippen LogP contribution in [-0.4, -0.2) is 23.3 Å². The second kappa shape index (κ2) is 8.78. The Hall–Kier alpha value is -3.66. The van der Waals surface area contributed by atoms with Gasteiger partial charge in [-0.2, -0.15) is 0 Å². The molecule has 0 fully saturated rings. The number of benzene rings is 3. The normalized spacial score (nSPS) is 11.0. The number of hydrogen-bond donors (Lipinski definition) is 1. The Morgan fingerprint density at radius 1 is 0.867 bits per heavy atom. The van der Waals surface area contributed by atoms with Crippen molar-refractivity contribution >= 4 is 22.7 Å². The van der Waals surface area contributed by atoms with Gasteiger partial charge in [0.15, 0.2) is 6.61 Å². The summed E-state index contributed by atoms with van der Waals surface area (Å²) in [6.45, 7) is 1.78. The molecule has 0 aliphatic carbocycles. The fourth-order valence-corrected chi connectivity index (χ4v) is 3.80. The van der Waals surface area contributed by atoms with Crippen LogP contribution in [-0.2, 0) is 16.0 Å². The zero-order valence-corrected chi connectivity index (χ0v) is 16.8. The molecule has 0 atom stereocenters. The molecule has 1 N–H and O–H groups in total. The molecular weight excluding hydrogens is 374 g/mol. The summed E-state index contributed by atoms with van der Waals surface area (Å²) in [5.74, 6) is -1.23. The maximum atomic E-state index is 13.0. The quantitative estimate of drug-likeness (QED) is 0.341. The first-order valence-electron chi connectivity index (χ1n) is 10.1. The van der Waals surface area contributed by atoms with Crippen LogP contribution in [0.15, 0.2) is 85.1 Å². The molecule has 0 spiro atoms. The van der Waals surface area contributed by atoms with Crippen LogP contribution in [0, 0.1) is 0 Å². The van der Waals surface area contributed by atoms with Crippen molar-refractivity contribution in [3.05, 3.63) is 107 Å². The number of rotatable bonds is 7. The number of H-pyrrole nitrogens is 1. The molecule has 150 valence electrons. The third-order valence-corrected chi connectivity index (χ3v) is 5.33. The van der Waals surface area contributed by atoms with Crippen molar-refractivity contribution in [1.82, 2.24) is 4.98 Å². The van der Waals surface area contributed by atoms with E-state index in [1.807, 2.05) is 78.9 Å². The first-order chi connectivity index (χ1) is 14.7. The number of ether oxygens (including phenoxy) is 1. The smallest absolute Gasteiger partial charge is 0.318 e. The molecule has 0 unspecified atom stereocenters. The highest BCUT2D eigenvalue weighted by Gasteiger charge is 2.25. The number of fused-ring (bicyclic) bond motifs is 1. The number of ketones is 1. The largest absolute Gasteiger partial charge is 0.457 e. The summed E-state index contributed by atoms with van der Waals surface area (Å²) in [4.78, 5) is 29.0. The van der Waals surface area contributed by atoms with Gasteiger partial charge in [0.25, 0.3) is 0 Å². The molecular formula is C26H23NO3. The Morgan fingerprint density at radius 3 is 2.10 bits per heavy atom. The molecule has 0 aliphatic rings. The van der Waals surface area contributed by atoms with Crippen molar-refractivity contribution in [2.45, 2.75) is 19.3 Å². The predicted molar refractivity (Wildman–Crippen MR) is 118 cm³/mol. The summed E-state index contributed by atoms with van der Waals surface area (Å²) < 4.78 is 5.50. The highest BCUT2D eigenvalue weighted by Crippen LogP contribution is 2.27. The minimum absolute atomic E-state index is 0.220. The van der Waals surface area contributed by atoms with E-state index in [0.29, 0.717) is 5.56 Å². The van der Waals surface area contributed by atoms with Gasteiger partial charge in [-0.1, -0.05) is 85.8 Å². The lowest BCUT2D eigenvalue weighted by Crippen LogP contribution is -2.21. The fourth-order valence-electron chi connectivity index (χ4n) is 3.80. The Balaban J connectivity index is 1.55. The molecule has 0 aliphatic heterocycles. The monoisotopic (exact) mass is 397 g/mol. The van der Waals surface area contributed by atoms with E-state index < -0.39 is 11.9 Å². The van der Waals surface area contributed by atoms with Crippen molar-refractivity contribution in [3.8, 4) is 0 Å². The lowest BCUT2D eigenvalue weighted by Gasteiger charge is -2.16. The van der Waals surface area contributed by atoms with Crippen molar-refractivity contribution in [2.24, 2.45) is 0 Å². The van der Waals surface area contributed by atoms with Gasteiger partial charge in [0.2, 0.25) is 5.78 Å². The van der Waals surface area contributed by atoms with Crippen molar-refractivity contribution in [2.75, 3.05) is 6.61 Å². The maximum Gasteiger partial charge on any atom is 0.318 e. The zero-order valence-electron chi connectivity index (χ0n) is 16.8. The molecule has 0 radical (unpaired) electrons. The average Bonchev–Trinajstić information content (AvgIpc) is 3.23. The third-order valence-electron chi connectivity index (χ3n) is 5.33. The molecule has 4 nitrogen and oxygen atoms in total. The topological polar surface area (TPSA) is 59.2 Å². The molecule has 4 heteroatoms. The van der Waals surface area contributed by atoms with Crippen LogP contribution >= 0.6 is 0 Å². The number of aromatic amines is 1. The summed E-state index contributed by atoms with van der Waals surface area (Å²) in [7, 11) is 0. The molecule has 0 saturated carbocycles. The first-order valence-corrected chi connectivity index (χ1v) is 10.1. The SMILES string of the molecule is CCc1cccc2c(C(=O)COC(=O)C(c3ccccc3)c3ccccc3)c[nH]c12. The molecule has 3 aromatic carbocycles. The number of hydrogen-bond acceptors (Lipinski definition) is 3. The second-order valence-electron chi connectivity index (χ2n) is 7.18. The van der Waals surface area contributed by atoms with E-state index in [0.717, 1.165) is 34.0 Å². The van der Waals surface area contributed by atoms with Gasteiger partial charge in [0, 0.05) is 22.7 Å². The number of esters is 1. The van der Waals surface area contributed by atoms with Gasteiger partial charge in [-0.05, 0) is 23.1 Å². The average molecular weight is 397 g/mol. The number of Topliss-reactive ketones (excluding diaryl/α,β-unsaturated/α-hetero) is 1. The third kappa shape index (κ3) is 3.90. The van der Waals surface area contributed by atoms with Gasteiger partial charge >= 0.3 is 5.97 Å². The number of nitrogens with one attached hydrogen (secondary N) is 1. The van der Waals surface area contributed by atoms with Crippen LogP contribution in [0.4, 0.5) is 0 Å². The molecule has 30 heavy (non-hydrogen) atoms. The van der Waals surface area contributed by atoms with Gasteiger partial charge in [-0.3, -0.25) is 9.59 Å². The molecule has 1 heterocycles. The molecule has 0 amide bonds. The van der Waals surface area contributed by atoms with Crippen LogP contribution in [0.25, 0.3) is 10.9 Å². The Morgan fingerprint density at radius 2 is 1.50 bits per heavy atom. The summed E-state index contributed by atoms with van der Waals surface area (Å²) in [5, 5.41) is 0.859. The minimum Gasteiger partial charge on any atom is -0.457 e. The number of aryl methyl sites for hydroxylation is 1. The van der Waals surface area contributed by atoms with E-state index >= 15 is 0 Å². The Kier molecular flexibility index (Phi) is 5.75. The van der Waals surface area contributed by atoms with Crippen molar-refractivity contribution in [1.29, 1.82) is 0 Å². The van der Waals surface area contributed by atoms with Crippen molar-refractivity contribution < 1.29 is 14.3 Å². The van der Waals surface area contributed by atoms with Gasteiger partial charge in [-0.25, -0.2) is 0 Å². The van der Waals surface area contributed by atoms with Gasteiger partial charge in [0.1, 0.15) is 5.92 Å². The van der Waals surface area contributed by atoms with Crippen LogP contribution in [0.2, 0.25) is 0 Å². The lowest BCUT2D eigenvalue weighted by molar-refractivity contribution is -0.143. The zero-order chi connectivity index (χ0) is 20.9. The molecule has 0 saturated heterocycles. The fraction of sp³-hybridized carbons (Fsp3) is 0.154. The maximum absolute atomic E-state index is 13.0. The van der Waals surface area contributed by atoms with Crippen LogP contribution < -0.4 is 0 Å². The molecule has 0 bridgehead atoms. The summed E-state index contributed by atoms with van der Waals surface area (Å²) in [6.07, 6.45) is 2.57. The number of aromatic nitrogens is 1. The van der Waals surface area contributed by atoms with Gasteiger partial charge in [-0.15, -0.1) is 0 Å². The highest BCUT2D eigenvalue weighted by atomic mass is 16.5. The van der Waals surface area contributed by atoms with Gasteiger partial charge in [0.05, 0.1) is 0 Å².